The van der Waals surface area contributed by atoms with Crippen molar-refractivity contribution in [2.24, 2.45) is 0 Å². The number of nitrogens with zero attached hydrogens (tertiary/aromatic N) is 2. The Morgan fingerprint density at radius 1 is 0.536 bits per heavy atom. The maximum atomic E-state index is 4.52. The Morgan fingerprint density at radius 2 is 1.11 bits per heavy atom. The number of hydrogen-bond donors (Lipinski definition) is 0. The van der Waals surface area contributed by atoms with Crippen molar-refractivity contribution in [1.29, 1.82) is 0 Å². The Labute approximate surface area is 170 Å². The highest BCUT2D eigenvalue weighted by molar-refractivity contribution is 5.67. The van der Waals surface area contributed by atoms with E-state index in [4.69, 9.17) is 0 Å². The van der Waals surface area contributed by atoms with Crippen molar-refractivity contribution in [2.45, 2.75) is 65.2 Å². The van der Waals surface area contributed by atoms with Crippen LogP contribution in [0.3, 0.4) is 0 Å². The van der Waals surface area contributed by atoms with E-state index in [1.807, 2.05) is 12.4 Å². The van der Waals surface area contributed by atoms with Crippen LogP contribution in [0.1, 0.15) is 63.5 Å². The van der Waals surface area contributed by atoms with E-state index < -0.39 is 0 Å². The fraction of sp³-hybridized carbons (Fsp3) is 0.385. The van der Waals surface area contributed by atoms with Gasteiger partial charge in [0.2, 0.25) is 0 Å². The second-order valence-corrected chi connectivity index (χ2v) is 7.60. The summed E-state index contributed by atoms with van der Waals surface area (Å²) in [6, 6.07) is 17.6. The standard InChI is InChI=1S/C26H32N2/c1-3-5-6-7-8-10-21-11-13-23(14-12-21)24-15-17-25(18-16-24)26-27-19-22(9-4-2)20-28-26/h11-20H,3-10H2,1-2H3. The van der Waals surface area contributed by atoms with Crippen molar-refractivity contribution in [1.82, 2.24) is 9.97 Å². The van der Waals surface area contributed by atoms with E-state index in [0.29, 0.717) is 0 Å². The minimum atomic E-state index is 0.796. The van der Waals surface area contributed by atoms with Gasteiger partial charge < -0.3 is 0 Å². The molecule has 1 aromatic heterocycles. The molecule has 146 valence electrons. The predicted octanol–water partition coefficient (Wildman–Crippen LogP) is 7.28. The lowest BCUT2D eigenvalue weighted by atomic mass is 10.00. The molecule has 0 spiro atoms. The van der Waals surface area contributed by atoms with E-state index in [9.17, 15) is 0 Å². The van der Waals surface area contributed by atoms with Crippen molar-refractivity contribution in [2.75, 3.05) is 0 Å². The van der Waals surface area contributed by atoms with Gasteiger partial charge in [0.05, 0.1) is 0 Å². The molecule has 28 heavy (non-hydrogen) atoms. The maximum absolute atomic E-state index is 4.52. The predicted molar refractivity (Wildman–Crippen MR) is 119 cm³/mol. The lowest BCUT2D eigenvalue weighted by Crippen LogP contribution is -1.92. The van der Waals surface area contributed by atoms with Crippen LogP contribution >= 0.6 is 0 Å². The molecule has 0 aliphatic heterocycles. The van der Waals surface area contributed by atoms with Crippen LogP contribution in [0, 0.1) is 0 Å². The molecule has 2 aromatic carbocycles. The summed E-state index contributed by atoms with van der Waals surface area (Å²) in [6.45, 7) is 4.44. The first-order valence-electron chi connectivity index (χ1n) is 10.8. The summed E-state index contributed by atoms with van der Waals surface area (Å²) in [7, 11) is 0. The monoisotopic (exact) mass is 372 g/mol. The van der Waals surface area contributed by atoms with Crippen molar-refractivity contribution in [3.8, 4) is 22.5 Å². The molecule has 2 nitrogen and oxygen atoms in total. The van der Waals surface area contributed by atoms with Gasteiger partial charge in [-0.15, -0.1) is 0 Å². The minimum absolute atomic E-state index is 0.796. The van der Waals surface area contributed by atoms with E-state index >= 15 is 0 Å². The molecule has 0 bridgehead atoms. The van der Waals surface area contributed by atoms with E-state index in [-0.39, 0.29) is 0 Å². The number of aromatic nitrogens is 2. The van der Waals surface area contributed by atoms with Gasteiger partial charge >= 0.3 is 0 Å². The van der Waals surface area contributed by atoms with Crippen LogP contribution in [-0.2, 0) is 12.8 Å². The molecule has 0 aliphatic carbocycles. The van der Waals surface area contributed by atoms with E-state index in [1.165, 1.54) is 60.8 Å². The molecule has 0 fully saturated rings. The van der Waals surface area contributed by atoms with Crippen molar-refractivity contribution < 1.29 is 0 Å². The smallest absolute Gasteiger partial charge is 0.159 e. The summed E-state index contributed by atoms with van der Waals surface area (Å²) in [4.78, 5) is 9.04. The highest BCUT2D eigenvalue weighted by Gasteiger charge is 2.04. The molecular weight excluding hydrogens is 340 g/mol. The molecular formula is C26H32N2. The average molecular weight is 373 g/mol. The lowest BCUT2D eigenvalue weighted by Gasteiger charge is -2.07. The first kappa shape index (κ1) is 20.3. The van der Waals surface area contributed by atoms with Crippen LogP contribution in [0.5, 0.6) is 0 Å². The maximum Gasteiger partial charge on any atom is 0.159 e. The Morgan fingerprint density at radius 3 is 1.71 bits per heavy atom. The first-order valence-corrected chi connectivity index (χ1v) is 10.8. The molecule has 3 aromatic rings. The number of unbranched alkanes of at least 4 members (excludes halogenated alkanes) is 4. The van der Waals surface area contributed by atoms with Crippen LogP contribution in [0.2, 0.25) is 0 Å². The van der Waals surface area contributed by atoms with Gasteiger partial charge in [0.15, 0.2) is 5.82 Å². The number of hydrogen-bond acceptors (Lipinski definition) is 2. The molecule has 0 amide bonds. The fourth-order valence-electron chi connectivity index (χ4n) is 3.53. The Hall–Kier alpha value is -2.48. The summed E-state index contributed by atoms with van der Waals surface area (Å²) in [5.41, 5.74) is 6.21. The van der Waals surface area contributed by atoms with E-state index in [1.54, 1.807) is 0 Å². The highest BCUT2D eigenvalue weighted by atomic mass is 14.9. The van der Waals surface area contributed by atoms with Crippen LogP contribution in [0.4, 0.5) is 0 Å². The third-order valence-corrected chi connectivity index (χ3v) is 5.24. The summed E-state index contributed by atoms with van der Waals surface area (Å²) < 4.78 is 0. The molecule has 2 heteroatoms. The van der Waals surface area contributed by atoms with Crippen LogP contribution in [-0.4, -0.2) is 9.97 Å². The van der Waals surface area contributed by atoms with Gasteiger partial charge in [-0.25, -0.2) is 9.97 Å². The SMILES string of the molecule is CCCCCCCc1ccc(-c2ccc(-c3ncc(CCC)cn3)cc2)cc1. The van der Waals surface area contributed by atoms with Crippen molar-refractivity contribution in [3.63, 3.8) is 0 Å². The molecule has 0 atom stereocenters. The third-order valence-electron chi connectivity index (χ3n) is 5.24. The largest absolute Gasteiger partial charge is 0.236 e. The molecule has 0 saturated carbocycles. The van der Waals surface area contributed by atoms with Gasteiger partial charge in [0, 0.05) is 18.0 Å². The number of rotatable bonds is 10. The van der Waals surface area contributed by atoms with Gasteiger partial charge in [-0.05, 0) is 41.5 Å². The first-order chi connectivity index (χ1) is 13.8. The summed E-state index contributed by atoms with van der Waals surface area (Å²) in [6.07, 6.45) is 13.9. The highest BCUT2D eigenvalue weighted by Crippen LogP contribution is 2.24. The molecule has 0 unspecified atom stereocenters. The van der Waals surface area contributed by atoms with Crippen molar-refractivity contribution >= 4 is 0 Å². The van der Waals surface area contributed by atoms with E-state index in [2.05, 4.69) is 72.3 Å². The molecule has 0 aliphatic rings. The minimum Gasteiger partial charge on any atom is -0.236 e. The second kappa shape index (κ2) is 10.8. The van der Waals surface area contributed by atoms with Gasteiger partial charge in [-0.3, -0.25) is 0 Å². The molecule has 3 rings (SSSR count). The normalized spacial score (nSPS) is 10.9. The van der Waals surface area contributed by atoms with Gasteiger partial charge in [-0.2, -0.15) is 0 Å². The zero-order valence-electron chi connectivity index (χ0n) is 17.3. The third kappa shape index (κ3) is 5.76. The van der Waals surface area contributed by atoms with Gasteiger partial charge in [0.25, 0.3) is 0 Å². The Kier molecular flexibility index (Phi) is 7.78. The van der Waals surface area contributed by atoms with Crippen LogP contribution in [0.15, 0.2) is 60.9 Å². The van der Waals surface area contributed by atoms with Gasteiger partial charge in [-0.1, -0.05) is 94.5 Å². The topological polar surface area (TPSA) is 25.8 Å². The van der Waals surface area contributed by atoms with Crippen molar-refractivity contribution in [3.05, 3.63) is 72.1 Å². The van der Waals surface area contributed by atoms with Gasteiger partial charge in [0.1, 0.15) is 0 Å². The second-order valence-electron chi connectivity index (χ2n) is 7.60. The summed E-state index contributed by atoms with van der Waals surface area (Å²) in [5, 5.41) is 0. The fourth-order valence-corrected chi connectivity index (χ4v) is 3.53. The zero-order chi connectivity index (χ0) is 19.6. The van der Waals surface area contributed by atoms with E-state index in [0.717, 1.165) is 24.2 Å². The lowest BCUT2D eigenvalue weighted by molar-refractivity contribution is 0.632. The van der Waals surface area contributed by atoms with Crippen LogP contribution < -0.4 is 0 Å². The Balaban J connectivity index is 1.60. The van der Waals surface area contributed by atoms with Crippen LogP contribution in [0.25, 0.3) is 22.5 Å². The average Bonchev–Trinajstić information content (AvgIpc) is 2.75. The summed E-state index contributed by atoms with van der Waals surface area (Å²) in [5.74, 6) is 0.796. The summed E-state index contributed by atoms with van der Waals surface area (Å²) >= 11 is 0. The molecule has 0 N–H and O–H groups in total. The Bertz CT molecular complexity index is 818. The molecule has 0 saturated heterocycles. The number of benzene rings is 2. The quantitative estimate of drug-likeness (QED) is 0.350. The zero-order valence-corrected chi connectivity index (χ0v) is 17.3. The molecule has 1 heterocycles. The molecule has 0 radical (unpaired) electrons. The number of aryl methyl sites for hydroxylation is 2.